The molecule has 0 atom stereocenters. The van der Waals surface area contributed by atoms with Crippen molar-refractivity contribution in [2.24, 2.45) is 0 Å². The maximum atomic E-state index is 12.5. The summed E-state index contributed by atoms with van der Waals surface area (Å²) in [5.41, 5.74) is 2.77. The van der Waals surface area contributed by atoms with Gasteiger partial charge in [0.25, 0.3) is 0 Å². The van der Waals surface area contributed by atoms with Crippen molar-refractivity contribution in [3.05, 3.63) is 77.7 Å². The molecular formula is C19H14ClN3O2. The normalized spacial score (nSPS) is 10.9. The smallest absolute Gasteiger partial charge is 0.230 e. The van der Waals surface area contributed by atoms with Gasteiger partial charge < -0.3 is 14.4 Å². The lowest BCUT2D eigenvalue weighted by atomic mass is 10.1. The van der Waals surface area contributed by atoms with Crippen molar-refractivity contribution in [3.8, 4) is 5.69 Å². The number of hydrogen-bond donors (Lipinski definition) is 1. The van der Waals surface area contributed by atoms with E-state index in [1.807, 2.05) is 59.4 Å². The molecule has 1 N–H and O–H groups in total. The van der Waals surface area contributed by atoms with Crippen LogP contribution in [0.1, 0.15) is 5.69 Å². The molecule has 1 amide bonds. The number of amides is 1. The van der Waals surface area contributed by atoms with Crippen molar-refractivity contribution in [3.63, 3.8) is 0 Å². The Morgan fingerprint density at radius 2 is 1.92 bits per heavy atom. The fraction of sp³-hybridized carbons (Fsp3) is 0.0526. The first-order valence-electron chi connectivity index (χ1n) is 7.77. The topological polar surface area (TPSA) is 60.1 Å². The molecule has 0 aliphatic carbocycles. The van der Waals surface area contributed by atoms with Gasteiger partial charge in [-0.1, -0.05) is 28.9 Å². The lowest BCUT2D eigenvalue weighted by molar-refractivity contribution is -0.115. The van der Waals surface area contributed by atoms with Gasteiger partial charge in [-0.15, -0.1) is 0 Å². The number of para-hydroxylation sites is 1. The second-order valence-electron chi connectivity index (χ2n) is 5.60. The second kappa shape index (κ2) is 6.45. The zero-order valence-electron chi connectivity index (χ0n) is 13.1. The molecule has 0 saturated carbocycles. The van der Waals surface area contributed by atoms with E-state index < -0.39 is 0 Å². The first kappa shape index (κ1) is 15.5. The minimum absolute atomic E-state index is 0.130. The molecule has 25 heavy (non-hydrogen) atoms. The summed E-state index contributed by atoms with van der Waals surface area (Å²) in [5, 5.41) is 8.38. The Labute approximate surface area is 148 Å². The molecule has 4 rings (SSSR count). The van der Waals surface area contributed by atoms with E-state index in [0.29, 0.717) is 22.0 Å². The van der Waals surface area contributed by atoms with Crippen LogP contribution < -0.4 is 5.32 Å². The van der Waals surface area contributed by atoms with Gasteiger partial charge in [0.1, 0.15) is 5.69 Å². The summed E-state index contributed by atoms with van der Waals surface area (Å²) in [6.07, 6.45) is 3.92. The number of anilines is 1. The molecule has 0 aliphatic rings. The zero-order valence-corrected chi connectivity index (χ0v) is 13.9. The molecular weight excluding hydrogens is 338 g/mol. The monoisotopic (exact) mass is 351 g/mol. The highest BCUT2D eigenvalue weighted by Gasteiger charge is 2.14. The number of nitrogens with zero attached hydrogens (tertiary/aromatic N) is 2. The van der Waals surface area contributed by atoms with Crippen LogP contribution in [0.5, 0.6) is 0 Å². The Balaban J connectivity index is 1.59. The van der Waals surface area contributed by atoms with E-state index in [2.05, 4.69) is 10.5 Å². The van der Waals surface area contributed by atoms with Crippen molar-refractivity contribution in [2.45, 2.75) is 6.42 Å². The van der Waals surface area contributed by atoms with Gasteiger partial charge in [-0.2, -0.15) is 0 Å². The predicted octanol–water partition coefficient (Wildman–Crippen LogP) is 4.45. The van der Waals surface area contributed by atoms with Crippen molar-refractivity contribution >= 4 is 34.2 Å². The minimum Gasteiger partial charge on any atom is -0.356 e. The molecule has 2 heterocycles. The average molecular weight is 352 g/mol. The maximum Gasteiger partial charge on any atom is 0.230 e. The number of aromatic nitrogens is 2. The summed E-state index contributed by atoms with van der Waals surface area (Å²) in [7, 11) is 0. The SMILES string of the molecule is O=C(Cc1noc2ccccc12)Nc1ccc(Cl)cc1-n1cccc1. The number of fused-ring (bicyclic) bond motifs is 1. The fourth-order valence-corrected chi connectivity index (χ4v) is 2.90. The van der Waals surface area contributed by atoms with Crippen LogP contribution >= 0.6 is 11.6 Å². The Morgan fingerprint density at radius 3 is 2.76 bits per heavy atom. The van der Waals surface area contributed by atoms with E-state index >= 15 is 0 Å². The van der Waals surface area contributed by atoms with E-state index in [1.54, 1.807) is 12.1 Å². The number of rotatable bonds is 4. The summed E-state index contributed by atoms with van der Waals surface area (Å²) < 4.78 is 7.14. The van der Waals surface area contributed by atoms with E-state index in [4.69, 9.17) is 16.1 Å². The van der Waals surface area contributed by atoms with E-state index in [9.17, 15) is 4.79 Å². The summed E-state index contributed by atoms with van der Waals surface area (Å²) in [6.45, 7) is 0. The fourth-order valence-electron chi connectivity index (χ4n) is 2.73. The van der Waals surface area contributed by atoms with Crippen LogP contribution in [0.4, 0.5) is 5.69 Å². The highest BCUT2D eigenvalue weighted by Crippen LogP contribution is 2.25. The molecule has 0 radical (unpaired) electrons. The largest absolute Gasteiger partial charge is 0.356 e. The molecule has 124 valence electrons. The number of halogens is 1. The van der Waals surface area contributed by atoms with Crippen LogP contribution in [0, 0.1) is 0 Å². The minimum atomic E-state index is -0.171. The van der Waals surface area contributed by atoms with Gasteiger partial charge in [0.2, 0.25) is 5.91 Å². The van der Waals surface area contributed by atoms with Crippen molar-refractivity contribution in [2.75, 3.05) is 5.32 Å². The standard InChI is InChI=1S/C19H14ClN3O2/c20-13-7-8-15(17(11-13)23-9-3-4-10-23)21-19(24)12-16-14-5-1-2-6-18(14)25-22-16/h1-11H,12H2,(H,21,24). The molecule has 0 spiro atoms. The number of hydrogen-bond acceptors (Lipinski definition) is 3. The summed E-state index contributed by atoms with van der Waals surface area (Å²) in [5.74, 6) is -0.171. The first-order chi connectivity index (χ1) is 12.2. The summed E-state index contributed by atoms with van der Waals surface area (Å²) in [4.78, 5) is 12.5. The molecule has 0 bridgehead atoms. The van der Waals surface area contributed by atoms with Crippen molar-refractivity contribution in [1.82, 2.24) is 9.72 Å². The molecule has 6 heteroatoms. The van der Waals surface area contributed by atoms with Gasteiger partial charge in [-0.3, -0.25) is 4.79 Å². The van der Waals surface area contributed by atoms with Crippen molar-refractivity contribution in [1.29, 1.82) is 0 Å². The third-order valence-corrected chi connectivity index (χ3v) is 4.13. The van der Waals surface area contributed by atoms with Crippen LogP contribution in [0.2, 0.25) is 5.02 Å². The van der Waals surface area contributed by atoms with Gasteiger partial charge in [-0.05, 0) is 42.5 Å². The van der Waals surface area contributed by atoms with Crippen LogP contribution in [0.3, 0.4) is 0 Å². The number of benzene rings is 2. The lowest BCUT2D eigenvalue weighted by Gasteiger charge is -2.12. The summed E-state index contributed by atoms with van der Waals surface area (Å²) in [6, 6.07) is 16.6. The molecule has 4 aromatic rings. The predicted molar refractivity (Wildman–Crippen MR) is 97.1 cm³/mol. The quantitative estimate of drug-likeness (QED) is 0.590. The molecule has 0 saturated heterocycles. The highest BCUT2D eigenvalue weighted by atomic mass is 35.5. The third kappa shape index (κ3) is 3.14. The molecule has 0 fully saturated rings. The molecule has 2 aromatic carbocycles. The first-order valence-corrected chi connectivity index (χ1v) is 8.14. The Morgan fingerprint density at radius 1 is 1.12 bits per heavy atom. The second-order valence-corrected chi connectivity index (χ2v) is 6.04. The zero-order chi connectivity index (χ0) is 17.2. The summed E-state index contributed by atoms with van der Waals surface area (Å²) >= 11 is 6.10. The van der Waals surface area contributed by atoms with Gasteiger partial charge in [-0.25, -0.2) is 0 Å². The highest BCUT2D eigenvalue weighted by molar-refractivity contribution is 6.31. The molecule has 2 aromatic heterocycles. The molecule has 5 nitrogen and oxygen atoms in total. The lowest BCUT2D eigenvalue weighted by Crippen LogP contribution is -2.16. The number of carbonyl (C=O) groups excluding carboxylic acids is 1. The average Bonchev–Trinajstić information content (AvgIpc) is 3.27. The third-order valence-electron chi connectivity index (χ3n) is 3.90. The Bertz CT molecular complexity index is 1040. The van der Waals surface area contributed by atoms with Crippen LogP contribution in [-0.2, 0) is 11.2 Å². The van der Waals surface area contributed by atoms with E-state index in [0.717, 1.165) is 11.1 Å². The van der Waals surface area contributed by atoms with Gasteiger partial charge in [0, 0.05) is 22.8 Å². The van der Waals surface area contributed by atoms with Crippen LogP contribution in [0.25, 0.3) is 16.7 Å². The Hall–Kier alpha value is -3.05. The molecule has 0 unspecified atom stereocenters. The van der Waals surface area contributed by atoms with E-state index in [-0.39, 0.29) is 12.3 Å². The molecule has 0 aliphatic heterocycles. The Kier molecular flexibility index (Phi) is 3.99. The number of carbonyl (C=O) groups is 1. The van der Waals surface area contributed by atoms with Crippen LogP contribution in [0.15, 0.2) is 71.5 Å². The maximum absolute atomic E-state index is 12.5. The van der Waals surface area contributed by atoms with Gasteiger partial charge in [0.05, 0.1) is 17.8 Å². The van der Waals surface area contributed by atoms with E-state index in [1.165, 1.54) is 0 Å². The van der Waals surface area contributed by atoms with Gasteiger partial charge in [0.15, 0.2) is 5.58 Å². The van der Waals surface area contributed by atoms with Crippen LogP contribution in [-0.4, -0.2) is 15.6 Å². The van der Waals surface area contributed by atoms with Gasteiger partial charge >= 0.3 is 0 Å². The van der Waals surface area contributed by atoms with Crippen molar-refractivity contribution < 1.29 is 9.32 Å². The number of nitrogens with one attached hydrogen (secondary N) is 1.